The number of para-hydroxylation sites is 1. The number of benzene rings is 3. The molecule has 0 aliphatic heterocycles. The van der Waals surface area contributed by atoms with Crippen LogP contribution in [0.2, 0.25) is 0 Å². The molecule has 1 heterocycles. The molecule has 0 unspecified atom stereocenters. The standard InChI is InChI=1S/C18H11Br2N/c19-12-6-8-17-15(10-12)16-11-13(20)7-9-18(16)21(17)14-4-2-1-3-5-14/h1-11H/i1D,2D,3D,4D,5D. The first-order chi connectivity index (χ1) is 12.3. The normalized spacial score (nSPS) is 14.7. The largest absolute Gasteiger partial charge is 0.309 e. The van der Waals surface area contributed by atoms with E-state index in [0.29, 0.717) is 0 Å². The molecule has 0 radical (unpaired) electrons. The third-order valence-electron chi connectivity index (χ3n) is 3.40. The highest BCUT2D eigenvalue weighted by Crippen LogP contribution is 2.34. The monoisotopic (exact) mass is 404 g/mol. The van der Waals surface area contributed by atoms with E-state index in [9.17, 15) is 0 Å². The van der Waals surface area contributed by atoms with Crippen LogP contribution in [0.25, 0.3) is 27.5 Å². The van der Waals surface area contributed by atoms with Gasteiger partial charge in [0.25, 0.3) is 0 Å². The summed E-state index contributed by atoms with van der Waals surface area (Å²) in [7, 11) is 0. The summed E-state index contributed by atoms with van der Waals surface area (Å²) in [6.45, 7) is 0. The van der Waals surface area contributed by atoms with Crippen LogP contribution in [0.1, 0.15) is 6.85 Å². The molecule has 0 amide bonds. The molecule has 21 heavy (non-hydrogen) atoms. The SMILES string of the molecule is [2H]c1c([2H])c([2H])c(-n2c3ccc(Br)cc3c3cc(Br)ccc32)c([2H])c1[2H]. The average molecular weight is 406 g/mol. The van der Waals surface area contributed by atoms with Gasteiger partial charge < -0.3 is 4.57 Å². The second-order valence-corrected chi connectivity index (χ2v) is 6.46. The summed E-state index contributed by atoms with van der Waals surface area (Å²) in [5, 5.41) is 1.87. The van der Waals surface area contributed by atoms with E-state index in [4.69, 9.17) is 6.85 Å². The quantitative estimate of drug-likeness (QED) is 0.349. The van der Waals surface area contributed by atoms with Crippen molar-refractivity contribution in [1.82, 2.24) is 4.57 Å². The number of hydrogen-bond acceptors (Lipinski definition) is 0. The van der Waals surface area contributed by atoms with Gasteiger partial charge in [0.15, 0.2) is 0 Å². The van der Waals surface area contributed by atoms with Gasteiger partial charge >= 0.3 is 0 Å². The van der Waals surface area contributed by atoms with Crippen LogP contribution < -0.4 is 0 Å². The number of fused-ring (bicyclic) bond motifs is 3. The highest BCUT2D eigenvalue weighted by atomic mass is 79.9. The van der Waals surface area contributed by atoms with Crippen molar-refractivity contribution >= 4 is 53.7 Å². The number of halogens is 2. The maximum Gasteiger partial charge on any atom is 0.0645 e. The van der Waals surface area contributed by atoms with Crippen molar-refractivity contribution in [1.29, 1.82) is 0 Å². The Morgan fingerprint density at radius 3 is 1.81 bits per heavy atom. The Hall–Kier alpha value is -1.58. The van der Waals surface area contributed by atoms with Crippen LogP contribution in [0.3, 0.4) is 0 Å². The van der Waals surface area contributed by atoms with E-state index in [1.54, 1.807) is 4.57 Å². The minimum absolute atomic E-state index is 0.153. The molecule has 0 saturated heterocycles. The summed E-state index contributed by atoms with van der Waals surface area (Å²) in [4.78, 5) is 0. The second-order valence-electron chi connectivity index (χ2n) is 4.63. The molecule has 0 atom stereocenters. The Morgan fingerprint density at radius 2 is 1.29 bits per heavy atom. The molecule has 0 bridgehead atoms. The van der Waals surface area contributed by atoms with Crippen LogP contribution in [0.5, 0.6) is 0 Å². The van der Waals surface area contributed by atoms with Gasteiger partial charge in [-0.15, -0.1) is 0 Å². The fraction of sp³-hybridized carbons (Fsp3) is 0. The lowest BCUT2D eigenvalue weighted by molar-refractivity contribution is 1.18. The van der Waals surface area contributed by atoms with Gasteiger partial charge in [-0.3, -0.25) is 0 Å². The summed E-state index contributed by atoms with van der Waals surface area (Å²) in [6, 6.07) is 9.93. The van der Waals surface area contributed by atoms with Crippen molar-refractivity contribution < 1.29 is 6.85 Å². The van der Waals surface area contributed by atoms with Crippen LogP contribution in [0, 0.1) is 0 Å². The Kier molecular flexibility index (Phi) is 2.09. The number of aromatic nitrogens is 1. The lowest BCUT2D eigenvalue weighted by Gasteiger charge is -2.07. The van der Waals surface area contributed by atoms with Gasteiger partial charge in [0, 0.05) is 25.4 Å². The summed E-state index contributed by atoms with van der Waals surface area (Å²) < 4.78 is 44.0. The van der Waals surface area contributed by atoms with Crippen LogP contribution in [-0.2, 0) is 0 Å². The van der Waals surface area contributed by atoms with E-state index in [1.165, 1.54) is 0 Å². The number of rotatable bonds is 1. The molecular formula is C18H11Br2N. The van der Waals surface area contributed by atoms with E-state index >= 15 is 0 Å². The lowest BCUT2D eigenvalue weighted by atomic mass is 10.2. The molecule has 0 aliphatic rings. The molecular weight excluding hydrogens is 390 g/mol. The number of hydrogen-bond donors (Lipinski definition) is 0. The Balaban J connectivity index is 2.26. The second kappa shape index (κ2) is 5.00. The zero-order valence-electron chi connectivity index (χ0n) is 15.7. The third kappa shape index (κ3) is 2.12. The van der Waals surface area contributed by atoms with Crippen LogP contribution in [0.15, 0.2) is 75.6 Å². The van der Waals surface area contributed by atoms with E-state index in [0.717, 1.165) is 30.8 Å². The van der Waals surface area contributed by atoms with Crippen LogP contribution in [0.4, 0.5) is 0 Å². The minimum atomic E-state index is -0.394. The zero-order chi connectivity index (χ0) is 18.7. The maximum atomic E-state index is 8.33. The molecule has 3 aromatic carbocycles. The van der Waals surface area contributed by atoms with E-state index < -0.39 is 6.04 Å². The fourth-order valence-corrected chi connectivity index (χ4v) is 3.29. The van der Waals surface area contributed by atoms with E-state index in [1.807, 2.05) is 36.4 Å². The van der Waals surface area contributed by atoms with Gasteiger partial charge in [0.1, 0.15) is 0 Å². The predicted octanol–water partition coefficient (Wildman–Crippen LogP) is 6.31. The molecule has 0 fully saturated rings. The van der Waals surface area contributed by atoms with Crippen LogP contribution in [-0.4, -0.2) is 4.57 Å². The highest BCUT2D eigenvalue weighted by molar-refractivity contribution is 9.10. The van der Waals surface area contributed by atoms with Crippen LogP contribution >= 0.6 is 31.9 Å². The summed E-state index contributed by atoms with van der Waals surface area (Å²) in [5.41, 5.74) is 1.71. The van der Waals surface area contributed by atoms with Gasteiger partial charge in [0.05, 0.1) is 17.9 Å². The first kappa shape index (κ1) is 8.76. The van der Waals surface area contributed by atoms with E-state index in [2.05, 4.69) is 31.9 Å². The van der Waals surface area contributed by atoms with E-state index in [-0.39, 0.29) is 29.9 Å². The van der Waals surface area contributed by atoms with Crippen molar-refractivity contribution in [3.63, 3.8) is 0 Å². The fourth-order valence-electron chi connectivity index (χ4n) is 2.56. The van der Waals surface area contributed by atoms with Gasteiger partial charge in [-0.1, -0.05) is 50.0 Å². The van der Waals surface area contributed by atoms with Crippen molar-refractivity contribution in [2.24, 2.45) is 0 Å². The topological polar surface area (TPSA) is 4.93 Å². The smallest absolute Gasteiger partial charge is 0.0645 e. The van der Waals surface area contributed by atoms with Gasteiger partial charge in [-0.25, -0.2) is 0 Å². The highest BCUT2D eigenvalue weighted by Gasteiger charge is 2.12. The van der Waals surface area contributed by atoms with Crippen molar-refractivity contribution in [3.8, 4) is 5.69 Å². The predicted molar refractivity (Wildman–Crippen MR) is 96.2 cm³/mol. The Morgan fingerprint density at radius 1 is 0.762 bits per heavy atom. The minimum Gasteiger partial charge on any atom is -0.309 e. The Bertz CT molecular complexity index is 1130. The molecule has 0 N–H and O–H groups in total. The molecule has 0 spiro atoms. The third-order valence-corrected chi connectivity index (χ3v) is 4.39. The number of nitrogens with zero attached hydrogens (tertiary/aromatic N) is 1. The average Bonchev–Trinajstić information content (AvgIpc) is 2.92. The van der Waals surface area contributed by atoms with Gasteiger partial charge in [-0.05, 0) is 48.5 Å². The zero-order valence-corrected chi connectivity index (χ0v) is 13.8. The molecule has 4 aromatic rings. The first-order valence-corrected chi connectivity index (χ1v) is 7.86. The molecule has 1 nitrogen and oxygen atoms in total. The molecule has 0 saturated carbocycles. The van der Waals surface area contributed by atoms with Crippen molar-refractivity contribution in [2.75, 3.05) is 0 Å². The molecule has 0 aliphatic carbocycles. The van der Waals surface area contributed by atoms with Crippen molar-refractivity contribution in [3.05, 3.63) is 75.6 Å². The molecule has 102 valence electrons. The Labute approximate surface area is 146 Å². The van der Waals surface area contributed by atoms with Crippen molar-refractivity contribution in [2.45, 2.75) is 0 Å². The van der Waals surface area contributed by atoms with Gasteiger partial charge in [-0.2, -0.15) is 0 Å². The molecule has 4 rings (SSSR count). The summed E-state index contributed by atoms with van der Waals surface area (Å²) in [5.74, 6) is 0. The molecule has 1 aromatic heterocycles. The maximum absolute atomic E-state index is 8.33. The van der Waals surface area contributed by atoms with Gasteiger partial charge in [0.2, 0.25) is 0 Å². The summed E-state index contributed by atoms with van der Waals surface area (Å²) in [6.07, 6.45) is 0. The summed E-state index contributed by atoms with van der Waals surface area (Å²) >= 11 is 6.97. The molecule has 3 heteroatoms. The lowest BCUT2D eigenvalue weighted by Crippen LogP contribution is -1.92. The first-order valence-electron chi connectivity index (χ1n) is 8.77.